The summed E-state index contributed by atoms with van der Waals surface area (Å²) in [6, 6.07) is 0. The molecule has 2 fully saturated rings. The molecular weight excluding hydrogens is 266 g/mol. The first-order valence-electron chi connectivity index (χ1n) is 8.31. The predicted octanol–water partition coefficient (Wildman–Crippen LogP) is 0.949. The van der Waals surface area contributed by atoms with Gasteiger partial charge in [-0.15, -0.1) is 0 Å². The number of nitrogens with one attached hydrogen (secondary N) is 1. The molecule has 0 radical (unpaired) electrons. The third-order valence-electron chi connectivity index (χ3n) is 4.60. The molecule has 0 bridgehead atoms. The molecule has 0 aromatic heterocycles. The van der Waals surface area contributed by atoms with Crippen LogP contribution < -0.4 is 5.32 Å². The van der Waals surface area contributed by atoms with Crippen LogP contribution in [0.2, 0.25) is 0 Å². The van der Waals surface area contributed by atoms with Crippen molar-refractivity contribution < 1.29 is 9.59 Å². The van der Waals surface area contributed by atoms with Crippen molar-refractivity contribution in [1.82, 2.24) is 15.1 Å². The van der Waals surface area contributed by atoms with Crippen molar-refractivity contribution in [3.8, 4) is 0 Å². The van der Waals surface area contributed by atoms with Crippen LogP contribution in [0.15, 0.2) is 0 Å². The SMILES string of the molecule is CCN1CCN(C(=O)C2CC2C(=O)NCCC(C)C)CC1. The van der Waals surface area contributed by atoms with Crippen LogP contribution in [0.4, 0.5) is 0 Å². The zero-order chi connectivity index (χ0) is 15.4. The van der Waals surface area contributed by atoms with Crippen LogP contribution in [0.1, 0.15) is 33.6 Å². The molecule has 2 atom stereocenters. The molecule has 0 aromatic rings. The number of carbonyl (C=O) groups excluding carboxylic acids is 2. The van der Waals surface area contributed by atoms with Crippen molar-refractivity contribution in [3.05, 3.63) is 0 Å². The molecule has 2 amide bonds. The molecule has 2 rings (SSSR count). The Hall–Kier alpha value is -1.10. The maximum absolute atomic E-state index is 12.4. The van der Waals surface area contributed by atoms with E-state index in [2.05, 4.69) is 31.0 Å². The van der Waals surface area contributed by atoms with Gasteiger partial charge >= 0.3 is 0 Å². The number of nitrogens with zero attached hydrogens (tertiary/aromatic N) is 2. The molecule has 1 saturated carbocycles. The summed E-state index contributed by atoms with van der Waals surface area (Å²) in [7, 11) is 0. The Labute approximate surface area is 128 Å². The van der Waals surface area contributed by atoms with E-state index < -0.39 is 0 Å². The average molecular weight is 295 g/mol. The molecule has 2 aliphatic rings. The second-order valence-corrected chi connectivity index (χ2v) is 6.68. The Balaban J connectivity index is 1.70. The van der Waals surface area contributed by atoms with Crippen LogP contribution in [0.25, 0.3) is 0 Å². The fourth-order valence-corrected chi connectivity index (χ4v) is 2.89. The Bertz CT molecular complexity index is 376. The highest BCUT2D eigenvalue weighted by molar-refractivity contribution is 5.92. The summed E-state index contributed by atoms with van der Waals surface area (Å²) in [6.45, 7) is 11.7. The Kier molecular flexibility index (Phi) is 5.62. The van der Waals surface area contributed by atoms with Crippen molar-refractivity contribution in [3.63, 3.8) is 0 Å². The van der Waals surface area contributed by atoms with E-state index in [1.54, 1.807) is 0 Å². The molecule has 0 spiro atoms. The van der Waals surface area contributed by atoms with Crippen molar-refractivity contribution in [2.45, 2.75) is 33.6 Å². The highest BCUT2D eigenvalue weighted by atomic mass is 16.2. The van der Waals surface area contributed by atoms with Gasteiger partial charge in [-0.25, -0.2) is 0 Å². The van der Waals surface area contributed by atoms with Crippen molar-refractivity contribution >= 4 is 11.8 Å². The van der Waals surface area contributed by atoms with Crippen LogP contribution in [0.5, 0.6) is 0 Å². The van der Waals surface area contributed by atoms with E-state index >= 15 is 0 Å². The predicted molar refractivity (Wildman–Crippen MR) is 82.8 cm³/mol. The van der Waals surface area contributed by atoms with Gasteiger partial charge in [-0.05, 0) is 25.3 Å². The Morgan fingerprint density at radius 2 is 1.81 bits per heavy atom. The first kappa shape index (κ1) is 16.3. The molecule has 5 nitrogen and oxygen atoms in total. The number of carbonyl (C=O) groups is 2. The molecule has 21 heavy (non-hydrogen) atoms. The summed E-state index contributed by atoms with van der Waals surface area (Å²) in [5, 5.41) is 2.96. The number of piperazine rings is 1. The lowest BCUT2D eigenvalue weighted by atomic mass is 10.1. The van der Waals surface area contributed by atoms with Gasteiger partial charge in [-0.1, -0.05) is 20.8 Å². The number of amides is 2. The highest BCUT2D eigenvalue weighted by Crippen LogP contribution is 2.40. The summed E-state index contributed by atoms with van der Waals surface area (Å²) in [5.41, 5.74) is 0. The van der Waals surface area contributed by atoms with Gasteiger partial charge < -0.3 is 15.1 Å². The summed E-state index contributed by atoms with van der Waals surface area (Å²) in [4.78, 5) is 28.7. The third-order valence-corrected chi connectivity index (χ3v) is 4.60. The van der Waals surface area contributed by atoms with E-state index in [1.165, 1.54) is 0 Å². The van der Waals surface area contributed by atoms with Crippen LogP contribution in [-0.4, -0.2) is 60.9 Å². The molecule has 1 N–H and O–H groups in total. The van der Waals surface area contributed by atoms with E-state index in [0.717, 1.165) is 52.1 Å². The van der Waals surface area contributed by atoms with Crippen molar-refractivity contribution in [1.29, 1.82) is 0 Å². The number of rotatable bonds is 6. The zero-order valence-corrected chi connectivity index (χ0v) is 13.6. The topological polar surface area (TPSA) is 52.7 Å². The van der Waals surface area contributed by atoms with Gasteiger partial charge in [0, 0.05) is 32.7 Å². The highest BCUT2D eigenvalue weighted by Gasteiger charge is 2.49. The Morgan fingerprint density at radius 1 is 1.14 bits per heavy atom. The molecule has 1 aliphatic heterocycles. The molecule has 2 unspecified atom stereocenters. The van der Waals surface area contributed by atoms with Gasteiger partial charge in [0.1, 0.15) is 0 Å². The van der Waals surface area contributed by atoms with Gasteiger partial charge in [0.15, 0.2) is 0 Å². The van der Waals surface area contributed by atoms with Crippen LogP contribution in [0.3, 0.4) is 0 Å². The summed E-state index contributed by atoms with van der Waals surface area (Å²) < 4.78 is 0. The molecule has 1 saturated heterocycles. The molecule has 120 valence electrons. The number of likely N-dealkylation sites (N-methyl/N-ethyl adjacent to an activating group) is 1. The van der Waals surface area contributed by atoms with E-state index in [-0.39, 0.29) is 23.7 Å². The minimum atomic E-state index is -0.0751. The van der Waals surface area contributed by atoms with Gasteiger partial charge in [-0.3, -0.25) is 9.59 Å². The smallest absolute Gasteiger partial charge is 0.226 e. The largest absolute Gasteiger partial charge is 0.356 e. The van der Waals surface area contributed by atoms with Crippen LogP contribution >= 0.6 is 0 Å². The number of hydrogen-bond acceptors (Lipinski definition) is 3. The zero-order valence-electron chi connectivity index (χ0n) is 13.6. The van der Waals surface area contributed by atoms with Gasteiger partial charge in [-0.2, -0.15) is 0 Å². The second-order valence-electron chi connectivity index (χ2n) is 6.68. The van der Waals surface area contributed by atoms with Crippen LogP contribution in [0, 0.1) is 17.8 Å². The van der Waals surface area contributed by atoms with Crippen molar-refractivity contribution in [2.75, 3.05) is 39.3 Å². The van der Waals surface area contributed by atoms with E-state index in [4.69, 9.17) is 0 Å². The van der Waals surface area contributed by atoms with Crippen molar-refractivity contribution in [2.24, 2.45) is 17.8 Å². The lowest BCUT2D eigenvalue weighted by Gasteiger charge is -2.34. The van der Waals surface area contributed by atoms with E-state index in [0.29, 0.717) is 5.92 Å². The monoisotopic (exact) mass is 295 g/mol. The maximum Gasteiger partial charge on any atom is 0.226 e. The van der Waals surface area contributed by atoms with E-state index in [1.807, 2.05) is 4.90 Å². The minimum Gasteiger partial charge on any atom is -0.356 e. The third kappa shape index (κ3) is 4.43. The quantitative estimate of drug-likeness (QED) is 0.794. The van der Waals surface area contributed by atoms with Gasteiger partial charge in [0.25, 0.3) is 0 Å². The molecule has 1 aliphatic carbocycles. The number of hydrogen-bond donors (Lipinski definition) is 1. The fraction of sp³-hybridized carbons (Fsp3) is 0.875. The lowest BCUT2D eigenvalue weighted by Crippen LogP contribution is -2.49. The first-order valence-corrected chi connectivity index (χ1v) is 8.31. The normalized spacial score (nSPS) is 26.0. The maximum atomic E-state index is 12.4. The summed E-state index contributed by atoms with van der Waals surface area (Å²) >= 11 is 0. The minimum absolute atomic E-state index is 0.0581. The summed E-state index contributed by atoms with van der Waals surface area (Å²) in [5.74, 6) is 0.721. The summed E-state index contributed by atoms with van der Waals surface area (Å²) in [6.07, 6.45) is 1.73. The van der Waals surface area contributed by atoms with Gasteiger partial charge in [0.05, 0.1) is 11.8 Å². The fourth-order valence-electron chi connectivity index (χ4n) is 2.89. The lowest BCUT2D eigenvalue weighted by molar-refractivity contribution is -0.136. The standard InChI is InChI=1S/C16H29N3O2/c1-4-18-7-9-19(10-8-18)16(21)14-11-13(14)15(20)17-6-5-12(2)3/h12-14H,4-11H2,1-3H3,(H,17,20). The first-order chi connectivity index (χ1) is 10.0. The van der Waals surface area contributed by atoms with E-state index in [9.17, 15) is 9.59 Å². The molecule has 1 heterocycles. The molecule has 0 aromatic carbocycles. The molecular formula is C16H29N3O2. The molecule has 5 heteroatoms. The van der Waals surface area contributed by atoms with Gasteiger partial charge in [0.2, 0.25) is 11.8 Å². The average Bonchev–Trinajstić information content (AvgIpc) is 3.26. The van der Waals surface area contributed by atoms with Crippen LogP contribution in [-0.2, 0) is 9.59 Å². The Morgan fingerprint density at radius 3 is 2.38 bits per heavy atom. The second kappa shape index (κ2) is 7.25.